The minimum absolute atomic E-state index is 0.0681. The van der Waals surface area contributed by atoms with Gasteiger partial charge in [-0.05, 0) is 25.1 Å². The van der Waals surface area contributed by atoms with Gasteiger partial charge in [0.15, 0.2) is 4.87 Å². The summed E-state index contributed by atoms with van der Waals surface area (Å²) >= 11 is 6.15. The van der Waals surface area contributed by atoms with E-state index in [4.69, 9.17) is 16.3 Å². The predicted octanol–water partition coefficient (Wildman–Crippen LogP) is 4.21. The average molecular weight is 389 g/mol. The van der Waals surface area contributed by atoms with Crippen LogP contribution >= 0.6 is 11.6 Å². The van der Waals surface area contributed by atoms with Crippen molar-refractivity contribution in [3.63, 3.8) is 0 Å². The lowest BCUT2D eigenvalue weighted by atomic mass is 9.98. The van der Waals surface area contributed by atoms with E-state index in [1.807, 2.05) is 0 Å². The maximum atomic E-state index is 12.9. The Morgan fingerprint density at radius 3 is 2.54 bits per heavy atom. The molecule has 1 unspecified atom stereocenters. The summed E-state index contributed by atoms with van der Waals surface area (Å²) < 4.78 is 43.7. The van der Waals surface area contributed by atoms with Crippen LogP contribution in [-0.4, -0.2) is 23.5 Å². The number of esters is 1. The van der Waals surface area contributed by atoms with Gasteiger partial charge in [0.05, 0.1) is 17.9 Å². The Bertz CT molecular complexity index is 762. The summed E-state index contributed by atoms with van der Waals surface area (Å²) in [6.45, 7) is 1.83. The third kappa shape index (κ3) is 4.78. The third-order valence-electron chi connectivity index (χ3n) is 3.50. The molecular formula is C17H16ClF3N2O3. The van der Waals surface area contributed by atoms with Crippen LogP contribution in [0.25, 0.3) is 0 Å². The van der Waals surface area contributed by atoms with Crippen molar-refractivity contribution in [2.24, 2.45) is 0 Å². The van der Waals surface area contributed by atoms with Crippen LogP contribution in [-0.2, 0) is 15.7 Å². The summed E-state index contributed by atoms with van der Waals surface area (Å²) in [5.41, 5.74) is -1.02. The van der Waals surface area contributed by atoms with E-state index in [1.54, 1.807) is 6.92 Å². The normalized spacial score (nSPS) is 19.5. The molecular weight excluding hydrogens is 373 g/mol. The van der Waals surface area contributed by atoms with Crippen molar-refractivity contribution >= 4 is 29.3 Å². The number of allylic oxidation sites excluding steroid dienone is 2. The number of para-hydroxylation sites is 1. The molecule has 0 radical (unpaired) electrons. The zero-order valence-electron chi connectivity index (χ0n) is 13.7. The fraction of sp³-hybridized carbons (Fsp3) is 0.294. The number of benzene rings is 1. The summed E-state index contributed by atoms with van der Waals surface area (Å²) in [6.07, 6.45) is -0.280. The highest BCUT2D eigenvalue weighted by Crippen LogP contribution is 2.34. The number of halogens is 4. The van der Waals surface area contributed by atoms with Gasteiger partial charge in [0.25, 0.3) is 0 Å². The lowest BCUT2D eigenvalue weighted by Crippen LogP contribution is -2.35. The SMILES string of the molecule is CCOC(=O)C1(Cl)C=CC(NC(=O)Nc2ccccc2C(F)(F)F)=CC1. The van der Waals surface area contributed by atoms with Gasteiger partial charge in [-0.3, -0.25) is 0 Å². The van der Waals surface area contributed by atoms with Crippen molar-refractivity contribution in [1.82, 2.24) is 5.32 Å². The Kier molecular flexibility index (Phi) is 5.97. The van der Waals surface area contributed by atoms with Gasteiger partial charge in [-0.2, -0.15) is 13.2 Å². The molecule has 1 aliphatic carbocycles. The molecule has 0 saturated carbocycles. The van der Waals surface area contributed by atoms with Gasteiger partial charge >= 0.3 is 18.2 Å². The number of carbonyl (C=O) groups is 2. The van der Waals surface area contributed by atoms with Crippen LogP contribution in [0, 0.1) is 0 Å². The number of rotatable bonds is 4. The first-order valence-electron chi connectivity index (χ1n) is 7.65. The van der Waals surface area contributed by atoms with Crippen molar-refractivity contribution < 1.29 is 27.5 Å². The van der Waals surface area contributed by atoms with E-state index >= 15 is 0 Å². The van der Waals surface area contributed by atoms with Crippen molar-refractivity contribution in [2.75, 3.05) is 11.9 Å². The highest BCUT2D eigenvalue weighted by atomic mass is 35.5. The maximum Gasteiger partial charge on any atom is 0.418 e. The minimum Gasteiger partial charge on any atom is -0.464 e. The quantitative estimate of drug-likeness (QED) is 0.599. The molecule has 1 aliphatic rings. The zero-order valence-corrected chi connectivity index (χ0v) is 14.4. The zero-order chi connectivity index (χ0) is 19.4. The molecule has 2 rings (SSSR count). The average Bonchev–Trinajstić information content (AvgIpc) is 2.57. The summed E-state index contributed by atoms with van der Waals surface area (Å²) in [7, 11) is 0. The molecule has 26 heavy (non-hydrogen) atoms. The molecule has 0 saturated heterocycles. The Labute approximate surface area is 152 Å². The van der Waals surface area contributed by atoms with Crippen LogP contribution in [0.1, 0.15) is 18.9 Å². The lowest BCUT2D eigenvalue weighted by molar-refractivity contribution is -0.145. The van der Waals surface area contributed by atoms with Crippen LogP contribution < -0.4 is 10.6 Å². The number of urea groups is 1. The highest BCUT2D eigenvalue weighted by molar-refractivity contribution is 6.35. The molecule has 2 amide bonds. The molecule has 0 heterocycles. The van der Waals surface area contributed by atoms with Gasteiger partial charge in [-0.1, -0.05) is 24.3 Å². The fourth-order valence-corrected chi connectivity index (χ4v) is 2.43. The molecule has 0 fully saturated rings. The number of ether oxygens (including phenoxy) is 1. The van der Waals surface area contributed by atoms with Crippen molar-refractivity contribution in [2.45, 2.75) is 24.4 Å². The monoisotopic (exact) mass is 388 g/mol. The first-order chi connectivity index (χ1) is 12.2. The Balaban J connectivity index is 2.02. The summed E-state index contributed by atoms with van der Waals surface area (Å²) in [5, 5.41) is 4.56. The lowest BCUT2D eigenvalue weighted by Gasteiger charge is -2.23. The maximum absolute atomic E-state index is 12.9. The van der Waals surface area contributed by atoms with Gasteiger partial charge in [-0.15, -0.1) is 11.6 Å². The molecule has 9 heteroatoms. The molecule has 0 aliphatic heterocycles. The van der Waals surface area contributed by atoms with E-state index in [9.17, 15) is 22.8 Å². The van der Waals surface area contributed by atoms with Gasteiger partial charge in [0.1, 0.15) is 0 Å². The Hall–Kier alpha value is -2.48. The number of amides is 2. The van der Waals surface area contributed by atoms with E-state index in [-0.39, 0.29) is 18.7 Å². The minimum atomic E-state index is -4.59. The fourth-order valence-electron chi connectivity index (χ4n) is 2.24. The number of carbonyl (C=O) groups excluding carboxylic acids is 2. The molecule has 1 aromatic rings. The number of alkyl halides is 4. The van der Waals surface area contributed by atoms with Crippen molar-refractivity contribution in [3.05, 3.63) is 53.8 Å². The highest BCUT2D eigenvalue weighted by Gasteiger charge is 2.36. The molecule has 1 atom stereocenters. The van der Waals surface area contributed by atoms with E-state index in [0.717, 1.165) is 12.1 Å². The van der Waals surface area contributed by atoms with Gasteiger partial charge in [0, 0.05) is 12.1 Å². The Morgan fingerprint density at radius 2 is 1.96 bits per heavy atom. The molecule has 2 N–H and O–H groups in total. The molecule has 0 spiro atoms. The number of hydrogen-bond donors (Lipinski definition) is 2. The van der Waals surface area contributed by atoms with E-state index in [1.165, 1.54) is 30.4 Å². The standard InChI is InChI=1S/C17H16ClF3N2O3/c1-2-26-14(24)16(18)9-7-11(8-10-16)22-15(25)23-13-6-4-3-5-12(13)17(19,20)21/h3-9H,2,10H2,1H3,(H2,22,23,25). The second-order valence-corrected chi connectivity index (χ2v) is 6.08. The largest absolute Gasteiger partial charge is 0.464 e. The van der Waals surface area contributed by atoms with Crippen LogP contribution in [0.3, 0.4) is 0 Å². The molecule has 0 aromatic heterocycles. The van der Waals surface area contributed by atoms with Crippen LogP contribution in [0.5, 0.6) is 0 Å². The molecule has 5 nitrogen and oxygen atoms in total. The number of anilines is 1. The van der Waals surface area contributed by atoms with E-state index < -0.39 is 28.6 Å². The van der Waals surface area contributed by atoms with Crippen LogP contribution in [0.2, 0.25) is 0 Å². The molecule has 1 aromatic carbocycles. The third-order valence-corrected chi connectivity index (χ3v) is 3.93. The van der Waals surface area contributed by atoms with Crippen molar-refractivity contribution in [3.8, 4) is 0 Å². The van der Waals surface area contributed by atoms with Gasteiger partial charge in [-0.25, -0.2) is 9.59 Å². The van der Waals surface area contributed by atoms with Crippen LogP contribution in [0.4, 0.5) is 23.7 Å². The summed E-state index contributed by atoms with van der Waals surface area (Å²) in [4.78, 5) is 22.4. The number of hydrogen-bond acceptors (Lipinski definition) is 3. The second kappa shape index (κ2) is 7.82. The summed E-state index contributed by atoms with van der Waals surface area (Å²) in [6, 6.07) is 3.78. The summed E-state index contributed by atoms with van der Waals surface area (Å²) in [5.74, 6) is -0.614. The molecule has 140 valence electrons. The van der Waals surface area contributed by atoms with Gasteiger partial charge < -0.3 is 15.4 Å². The first-order valence-corrected chi connectivity index (χ1v) is 8.03. The van der Waals surface area contributed by atoms with Crippen LogP contribution in [0.15, 0.2) is 48.2 Å². The first kappa shape index (κ1) is 19.8. The second-order valence-electron chi connectivity index (χ2n) is 5.40. The van der Waals surface area contributed by atoms with E-state index in [2.05, 4.69) is 10.6 Å². The number of nitrogens with one attached hydrogen (secondary N) is 2. The predicted molar refractivity (Wildman–Crippen MR) is 90.7 cm³/mol. The Morgan fingerprint density at radius 1 is 1.27 bits per heavy atom. The van der Waals surface area contributed by atoms with Crippen molar-refractivity contribution in [1.29, 1.82) is 0 Å². The van der Waals surface area contributed by atoms with Gasteiger partial charge in [0.2, 0.25) is 0 Å². The molecule has 0 bridgehead atoms. The smallest absolute Gasteiger partial charge is 0.418 e. The topological polar surface area (TPSA) is 67.4 Å². The van der Waals surface area contributed by atoms with E-state index in [0.29, 0.717) is 5.70 Å².